The lowest BCUT2D eigenvalue weighted by molar-refractivity contribution is -0.150. The van der Waals surface area contributed by atoms with Crippen LogP contribution in [0, 0.1) is 11.8 Å². The minimum atomic E-state index is -0.199. The summed E-state index contributed by atoms with van der Waals surface area (Å²) >= 11 is 0. The number of esters is 2. The van der Waals surface area contributed by atoms with Crippen LogP contribution < -0.4 is 10.6 Å². The summed E-state index contributed by atoms with van der Waals surface area (Å²) in [7, 11) is 0. The Hall–Kier alpha value is -2.12. The molecule has 54 heavy (non-hydrogen) atoms. The number of hydrogen-bond donors (Lipinski definition) is 2. The van der Waals surface area contributed by atoms with Crippen molar-refractivity contribution in [3.63, 3.8) is 0 Å². The summed E-state index contributed by atoms with van der Waals surface area (Å²) < 4.78 is 11.3. The van der Waals surface area contributed by atoms with Crippen molar-refractivity contribution in [3.8, 4) is 0 Å². The van der Waals surface area contributed by atoms with E-state index in [1.165, 1.54) is 96.3 Å². The number of amides is 2. The van der Waals surface area contributed by atoms with Gasteiger partial charge in [0.05, 0.1) is 31.6 Å². The Morgan fingerprint density at radius 2 is 0.741 bits per heavy atom. The highest BCUT2D eigenvalue weighted by molar-refractivity contribution is 5.84. The third kappa shape index (κ3) is 34.4. The maximum absolute atomic E-state index is 12.8. The maximum Gasteiger partial charge on any atom is 0.308 e. The number of carbonyl (C=O) groups is 4. The molecule has 0 aliphatic carbocycles. The number of hydrogen-bond acceptors (Lipinski definition) is 6. The summed E-state index contributed by atoms with van der Waals surface area (Å²) in [5.41, 5.74) is 0. The lowest BCUT2D eigenvalue weighted by Crippen LogP contribution is -2.37. The van der Waals surface area contributed by atoms with Gasteiger partial charge in [-0.3, -0.25) is 19.2 Å². The second-order valence-electron chi connectivity index (χ2n) is 15.9. The number of ether oxygens (including phenoxy) is 2. The van der Waals surface area contributed by atoms with Crippen LogP contribution in [-0.2, 0) is 28.7 Å². The van der Waals surface area contributed by atoms with Crippen molar-refractivity contribution in [1.29, 1.82) is 0 Å². The Morgan fingerprint density at radius 1 is 0.389 bits per heavy atom. The fourth-order valence-electron chi connectivity index (χ4n) is 7.04. The predicted octanol–water partition coefficient (Wildman–Crippen LogP) is 12.1. The number of rotatable bonds is 41. The minimum Gasteiger partial charge on any atom is -0.465 e. The van der Waals surface area contributed by atoms with E-state index < -0.39 is 0 Å². The molecule has 2 N–H and O–H groups in total. The van der Waals surface area contributed by atoms with Crippen LogP contribution in [0.1, 0.15) is 233 Å². The van der Waals surface area contributed by atoms with E-state index in [9.17, 15) is 19.2 Å². The smallest absolute Gasteiger partial charge is 0.308 e. The largest absolute Gasteiger partial charge is 0.465 e. The number of carbonyl (C=O) groups excluding carboxylic acids is 4. The van der Waals surface area contributed by atoms with Crippen molar-refractivity contribution in [2.45, 2.75) is 233 Å². The quantitative estimate of drug-likeness (QED) is 0.0474. The van der Waals surface area contributed by atoms with Crippen LogP contribution in [0.3, 0.4) is 0 Å². The number of unbranched alkanes of at least 4 members (excludes halogenated alkanes) is 21. The van der Waals surface area contributed by atoms with E-state index >= 15 is 0 Å². The van der Waals surface area contributed by atoms with Gasteiger partial charge in [0, 0.05) is 13.0 Å². The van der Waals surface area contributed by atoms with Crippen molar-refractivity contribution in [2.24, 2.45) is 11.8 Å². The highest BCUT2D eigenvalue weighted by Gasteiger charge is 2.20. The van der Waals surface area contributed by atoms with E-state index in [2.05, 4.69) is 38.3 Å². The lowest BCUT2D eigenvalue weighted by atomic mass is 9.94. The minimum absolute atomic E-state index is 0.0170. The molecule has 2 atom stereocenters. The van der Waals surface area contributed by atoms with Gasteiger partial charge in [-0.25, -0.2) is 0 Å². The fraction of sp³-hybridized carbons (Fsp3) is 0.913. The van der Waals surface area contributed by atoms with E-state index in [-0.39, 0.29) is 55.2 Å². The van der Waals surface area contributed by atoms with Crippen LogP contribution in [0.4, 0.5) is 0 Å². The van der Waals surface area contributed by atoms with Crippen LogP contribution in [0.2, 0.25) is 0 Å². The average molecular weight is 765 g/mol. The van der Waals surface area contributed by atoms with Gasteiger partial charge >= 0.3 is 11.9 Å². The van der Waals surface area contributed by atoms with Gasteiger partial charge in [-0.1, -0.05) is 182 Å². The van der Waals surface area contributed by atoms with Crippen LogP contribution in [0.15, 0.2) is 0 Å². The second-order valence-corrected chi connectivity index (χ2v) is 15.9. The molecule has 0 fully saturated rings. The Labute approximate surface area is 333 Å². The fourth-order valence-corrected chi connectivity index (χ4v) is 7.04. The van der Waals surface area contributed by atoms with Crippen LogP contribution in [-0.4, -0.2) is 50.1 Å². The molecule has 0 aromatic heterocycles. The Morgan fingerprint density at radius 3 is 1.19 bits per heavy atom. The van der Waals surface area contributed by atoms with Crippen LogP contribution >= 0.6 is 0 Å². The van der Waals surface area contributed by atoms with Gasteiger partial charge in [0.1, 0.15) is 0 Å². The normalized spacial score (nSPS) is 12.3. The summed E-state index contributed by atoms with van der Waals surface area (Å²) in [5, 5.41) is 5.57. The molecule has 0 heterocycles. The zero-order valence-electron chi connectivity index (χ0n) is 36.1. The topological polar surface area (TPSA) is 111 Å². The summed E-state index contributed by atoms with van der Waals surface area (Å²) in [6.07, 6.45) is 34.6. The Bertz CT molecular complexity index is 881. The molecule has 0 spiro atoms. The van der Waals surface area contributed by atoms with Crippen LogP contribution in [0.5, 0.6) is 0 Å². The molecule has 318 valence electrons. The highest BCUT2D eigenvalue weighted by Crippen LogP contribution is 2.22. The van der Waals surface area contributed by atoms with Gasteiger partial charge in [0.15, 0.2) is 0 Å². The summed E-state index contributed by atoms with van der Waals surface area (Å²) in [6.45, 7) is 10.2. The molecule has 0 rings (SSSR count). The Kier molecular flexibility index (Phi) is 38.9. The van der Waals surface area contributed by atoms with Gasteiger partial charge in [0.25, 0.3) is 0 Å². The molecule has 2 unspecified atom stereocenters. The van der Waals surface area contributed by atoms with Crippen molar-refractivity contribution in [3.05, 3.63) is 0 Å². The molecule has 0 aromatic carbocycles. The first-order chi connectivity index (χ1) is 26.4. The van der Waals surface area contributed by atoms with Crippen molar-refractivity contribution >= 4 is 23.8 Å². The first-order valence-corrected chi connectivity index (χ1v) is 23.3. The molecule has 0 aromatic rings. The van der Waals surface area contributed by atoms with E-state index in [1.54, 1.807) is 0 Å². The first kappa shape index (κ1) is 51.9. The molecule has 0 saturated carbocycles. The summed E-state index contributed by atoms with van der Waals surface area (Å²) in [5.74, 6) is -0.452. The molecule has 0 radical (unpaired) electrons. The Balaban J connectivity index is 4.00. The van der Waals surface area contributed by atoms with Gasteiger partial charge < -0.3 is 20.1 Å². The monoisotopic (exact) mass is 765 g/mol. The SMILES string of the molecule is CCCCCCCCC(CCCCCC)C(=O)OCCCCCCCCNC(=O)CNC(=O)CCCOC(=O)C(CCCCCC)CCCCCCCC. The number of nitrogens with one attached hydrogen (secondary N) is 2. The third-order valence-electron chi connectivity index (χ3n) is 10.7. The van der Waals surface area contributed by atoms with E-state index in [0.29, 0.717) is 19.6 Å². The van der Waals surface area contributed by atoms with Gasteiger partial charge in [-0.15, -0.1) is 0 Å². The molecule has 0 saturated heterocycles. The first-order valence-electron chi connectivity index (χ1n) is 23.3. The molecule has 0 aliphatic heterocycles. The summed E-state index contributed by atoms with van der Waals surface area (Å²) in [4.78, 5) is 50.1. The second kappa shape index (κ2) is 40.5. The molecule has 2 amide bonds. The molecule has 0 aliphatic rings. The molecule has 0 bridgehead atoms. The van der Waals surface area contributed by atoms with E-state index in [4.69, 9.17) is 9.47 Å². The lowest BCUT2D eigenvalue weighted by Gasteiger charge is -2.16. The summed E-state index contributed by atoms with van der Waals surface area (Å²) in [6, 6.07) is 0. The zero-order chi connectivity index (χ0) is 39.7. The zero-order valence-corrected chi connectivity index (χ0v) is 36.1. The van der Waals surface area contributed by atoms with Crippen molar-refractivity contribution in [1.82, 2.24) is 10.6 Å². The van der Waals surface area contributed by atoms with Gasteiger partial charge in [0.2, 0.25) is 11.8 Å². The van der Waals surface area contributed by atoms with Gasteiger partial charge in [-0.2, -0.15) is 0 Å². The average Bonchev–Trinajstić information content (AvgIpc) is 3.17. The maximum atomic E-state index is 12.8. The molecular weight excluding hydrogens is 677 g/mol. The van der Waals surface area contributed by atoms with Gasteiger partial charge in [-0.05, 0) is 44.9 Å². The van der Waals surface area contributed by atoms with E-state index in [1.807, 2.05) is 0 Å². The van der Waals surface area contributed by atoms with E-state index in [0.717, 1.165) is 96.3 Å². The van der Waals surface area contributed by atoms with Crippen molar-refractivity contribution < 1.29 is 28.7 Å². The standard InChI is InChI=1S/C46H88N2O6/c1-5-9-13-17-21-27-34-41(32-25-15-11-7-3)45(51)53-38-30-24-20-19-23-29-37-47-44(50)40-48-43(49)36-31-39-54-46(52)42(33-26-16-12-8-4)35-28-22-18-14-10-6-2/h41-42H,5-40H2,1-4H3,(H,47,50)(H,48,49). The molecular formula is C46H88N2O6. The predicted molar refractivity (Wildman–Crippen MR) is 225 cm³/mol. The highest BCUT2D eigenvalue weighted by atomic mass is 16.5. The van der Waals surface area contributed by atoms with Crippen LogP contribution in [0.25, 0.3) is 0 Å². The molecule has 8 heteroatoms. The third-order valence-corrected chi connectivity index (χ3v) is 10.7. The van der Waals surface area contributed by atoms with Crippen molar-refractivity contribution in [2.75, 3.05) is 26.3 Å². The molecule has 8 nitrogen and oxygen atoms in total.